The average molecular weight is 515 g/mol. The second kappa shape index (κ2) is 10.4. The number of nitrogens with one attached hydrogen (secondary N) is 1. The van der Waals surface area contributed by atoms with Crippen LogP contribution >= 0.6 is 0 Å². The van der Waals surface area contributed by atoms with Crippen molar-refractivity contribution in [1.29, 1.82) is 5.26 Å². The standard InChI is InChI=1S/C29H34N6O3/c1-29(2,3)38-28(36)34-14-10-21(11-15-34)35-16-12-25(33-35)32-26-17-20(9-13-31-26)23-8-7-22(19-5-6-19)24(18-30)27(23)37-4/h7-9,12-13,16-17,19,21H,5-6,10-11,14-15H2,1-4H3,(H,31,32,33). The van der Waals surface area contributed by atoms with Crippen LogP contribution in [-0.4, -0.2) is 51.6 Å². The van der Waals surface area contributed by atoms with Gasteiger partial charge in [-0.05, 0) is 75.6 Å². The number of anilines is 2. The van der Waals surface area contributed by atoms with Crippen molar-refractivity contribution in [1.82, 2.24) is 19.7 Å². The number of aromatic nitrogens is 3. The molecule has 0 bridgehead atoms. The number of benzene rings is 1. The summed E-state index contributed by atoms with van der Waals surface area (Å²) in [6.07, 6.45) is 7.30. The molecular formula is C29H34N6O3. The van der Waals surface area contributed by atoms with Gasteiger partial charge in [-0.15, -0.1) is 0 Å². The number of methoxy groups -OCH3 is 1. The highest BCUT2D eigenvalue weighted by atomic mass is 16.6. The first-order valence-corrected chi connectivity index (χ1v) is 13.1. The Labute approximate surface area is 223 Å². The topological polar surface area (TPSA) is 105 Å². The minimum Gasteiger partial charge on any atom is -0.495 e. The molecule has 0 spiro atoms. The van der Waals surface area contributed by atoms with Crippen molar-refractivity contribution in [2.45, 2.75) is 64.0 Å². The van der Waals surface area contributed by atoms with Gasteiger partial charge in [-0.1, -0.05) is 12.1 Å². The molecule has 2 aliphatic rings. The zero-order chi connectivity index (χ0) is 26.9. The molecule has 1 aliphatic carbocycles. The minimum absolute atomic E-state index is 0.210. The van der Waals surface area contributed by atoms with Crippen LogP contribution in [0, 0.1) is 11.3 Å². The molecule has 1 saturated carbocycles. The van der Waals surface area contributed by atoms with Crippen molar-refractivity contribution in [2.24, 2.45) is 0 Å². The molecule has 1 N–H and O–H groups in total. The van der Waals surface area contributed by atoms with Crippen molar-refractivity contribution >= 4 is 17.7 Å². The third kappa shape index (κ3) is 5.59. The van der Waals surface area contributed by atoms with Crippen LogP contribution in [0.1, 0.15) is 69.5 Å². The number of ether oxygens (including phenoxy) is 2. The van der Waals surface area contributed by atoms with E-state index in [4.69, 9.17) is 14.6 Å². The number of hydrogen-bond acceptors (Lipinski definition) is 7. The number of rotatable bonds is 6. The fraction of sp³-hybridized carbons (Fsp3) is 0.448. The zero-order valence-corrected chi connectivity index (χ0v) is 22.4. The van der Waals surface area contributed by atoms with E-state index in [1.165, 1.54) is 0 Å². The van der Waals surface area contributed by atoms with Crippen LogP contribution in [0.4, 0.5) is 16.4 Å². The molecule has 198 valence electrons. The van der Waals surface area contributed by atoms with Gasteiger partial charge in [-0.2, -0.15) is 10.4 Å². The van der Waals surface area contributed by atoms with Crippen molar-refractivity contribution in [3.05, 3.63) is 53.9 Å². The summed E-state index contributed by atoms with van der Waals surface area (Å²) in [7, 11) is 1.61. The van der Waals surface area contributed by atoms with E-state index in [2.05, 4.69) is 22.4 Å². The quantitative estimate of drug-likeness (QED) is 0.429. The Bertz CT molecular complexity index is 1360. The van der Waals surface area contributed by atoms with E-state index < -0.39 is 5.60 Å². The number of carbonyl (C=O) groups is 1. The SMILES string of the molecule is COc1c(-c2ccnc(Nc3ccn(C4CCN(C(=O)OC(C)(C)C)CC4)n3)c2)ccc(C2CC2)c1C#N. The van der Waals surface area contributed by atoms with Gasteiger partial charge in [0, 0.05) is 37.1 Å². The average Bonchev–Trinajstić information content (AvgIpc) is 3.65. The number of amides is 1. The number of hydrogen-bond donors (Lipinski definition) is 1. The number of carbonyl (C=O) groups excluding carboxylic acids is 1. The Kier molecular flexibility index (Phi) is 6.98. The molecule has 2 aromatic heterocycles. The zero-order valence-electron chi connectivity index (χ0n) is 22.4. The van der Waals surface area contributed by atoms with Gasteiger partial charge in [0.2, 0.25) is 0 Å². The number of pyridine rings is 1. The van der Waals surface area contributed by atoms with Gasteiger partial charge in [0.1, 0.15) is 23.2 Å². The van der Waals surface area contributed by atoms with Gasteiger partial charge in [0.25, 0.3) is 0 Å². The highest BCUT2D eigenvalue weighted by Gasteiger charge is 2.29. The largest absolute Gasteiger partial charge is 0.495 e. The molecule has 1 aromatic carbocycles. The normalized spacial score (nSPS) is 16.1. The van der Waals surface area contributed by atoms with Crippen molar-refractivity contribution < 1.29 is 14.3 Å². The molecule has 3 aromatic rings. The second-order valence-electron chi connectivity index (χ2n) is 10.9. The third-order valence-electron chi connectivity index (χ3n) is 6.95. The van der Waals surface area contributed by atoms with Gasteiger partial charge < -0.3 is 19.7 Å². The summed E-state index contributed by atoms with van der Waals surface area (Å²) in [5.74, 6) is 2.41. The Balaban J connectivity index is 1.27. The molecule has 38 heavy (non-hydrogen) atoms. The first kappa shape index (κ1) is 25.6. The molecule has 9 nitrogen and oxygen atoms in total. The Morgan fingerprint density at radius 2 is 1.87 bits per heavy atom. The summed E-state index contributed by atoms with van der Waals surface area (Å²) in [5.41, 5.74) is 2.97. The van der Waals surface area contributed by atoms with E-state index in [0.717, 1.165) is 42.4 Å². The molecule has 2 fully saturated rings. The molecule has 3 heterocycles. The van der Waals surface area contributed by atoms with Crippen LogP contribution in [0.2, 0.25) is 0 Å². The van der Waals surface area contributed by atoms with E-state index in [1.807, 2.05) is 55.9 Å². The Morgan fingerprint density at radius 1 is 1.11 bits per heavy atom. The maximum absolute atomic E-state index is 12.4. The third-order valence-corrected chi connectivity index (χ3v) is 6.95. The lowest BCUT2D eigenvalue weighted by Gasteiger charge is -2.33. The number of nitrogens with zero attached hydrogens (tertiary/aromatic N) is 5. The smallest absolute Gasteiger partial charge is 0.410 e. The molecule has 5 rings (SSSR count). The summed E-state index contributed by atoms with van der Waals surface area (Å²) in [4.78, 5) is 18.6. The molecule has 0 radical (unpaired) electrons. The first-order valence-electron chi connectivity index (χ1n) is 13.1. The summed E-state index contributed by atoms with van der Waals surface area (Å²) in [5, 5.41) is 17.9. The fourth-order valence-electron chi connectivity index (χ4n) is 4.93. The maximum atomic E-state index is 12.4. The number of likely N-dealkylation sites (tertiary alicyclic amines) is 1. The minimum atomic E-state index is -0.495. The van der Waals surface area contributed by atoms with E-state index in [9.17, 15) is 10.1 Å². The van der Waals surface area contributed by atoms with Crippen molar-refractivity contribution in [3.63, 3.8) is 0 Å². The fourth-order valence-corrected chi connectivity index (χ4v) is 4.93. The molecule has 1 aliphatic heterocycles. The van der Waals surface area contributed by atoms with Crippen LogP contribution in [0.15, 0.2) is 42.7 Å². The number of nitriles is 1. The van der Waals surface area contributed by atoms with Gasteiger partial charge in [0.15, 0.2) is 5.82 Å². The predicted molar refractivity (Wildman–Crippen MR) is 145 cm³/mol. The van der Waals surface area contributed by atoms with Crippen LogP contribution < -0.4 is 10.1 Å². The Morgan fingerprint density at radius 3 is 2.53 bits per heavy atom. The highest BCUT2D eigenvalue weighted by Crippen LogP contribution is 2.46. The summed E-state index contributed by atoms with van der Waals surface area (Å²) in [6.45, 7) is 6.91. The maximum Gasteiger partial charge on any atom is 0.410 e. The molecule has 1 amide bonds. The van der Waals surface area contributed by atoms with E-state index >= 15 is 0 Å². The van der Waals surface area contributed by atoms with Crippen molar-refractivity contribution in [3.8, 4) is 22.9 Å². The van der Waals surface area contributed by atoms with Gasteiger partial charge in [-0.3, -0.25) is 4.68 Å². The molecule has 9 heteroatoms. The van der Waals surface area contributed by atoms with Crippen molar-refractivity contribution in [2.75, 3.05) is 25.5 Å². The van der Waals surface area contributed by atoms with E-state index in [-0.39, 0.29) is 12.1 Å². The molecule has 0 atom stereocenters. The van der Waals surface area contributed by atoms with E-state index in [0.29, 0.717) is 42.0 Å². The van der Waals surface area contributed by atoms with Gasteiger partial charge >= 0.3 is 6.09 Å². The monoisotopic (exact) mass is 514 g/mol. The highest BCUT2D eigenvalue weighted by molar-refractivity contribution is 5.77. The van der Waals surface area contributed by atoms with Crippen LogP contribution in [-0.2, 0) is 4.74 Å². The second-order valence-corrected chi connectivity index (χ2v) is 10.9. The van der Waals surface area contributed by atoms with Crippen LogP contribution in [0.3, 0.4) is 0 Å². The summed E-state index contributed by atoms with van der Waals surface area (Å²) >= 11 is 0. The molecule has 1 saturated heterocycles. The lowest BCUT2D eigenvalue weighted by atomic mass is 9.96. The molecular weight excluding hydrogens is 480 g/mol. The van der Waals surface area contributed by atoms with E-state index in [1.54, 1.807) is 18.2 Å². The summed E-state index contributed by atoms with van der Waals surface area (Å²) < 4.78 is 13.2. The lowest BCUT2D eigenvalue weighted by Crippen LogP contribution is -2.42. The van der Waals surface area contributed by atoms with Gasteiger partial charge in [0.05, 0.1) is 18.7 Å². The molecule has 0 unspecified atom stereocenters. The predicted octanol–water partition coefficient (Wildman–Crippen LogP) is 6.02. The number of piperidine rings is 1. The summed E-state index contributed by atoms with van der Waals surface area (Å²) in [6, 6.07) is 12.4. The lowest BCUT2D eigenvalue weighted by molar-refractivity contribution is 0.0185. The Hall–Kier alpha value is -4.06. The van der Waals surface area contributed by atoms with Crippen LogP contribution in [0.25, 0.3) is 11.1 Å². The van der Waals surface area contributed by atoms with Crippen LogP contribution in [0.5, 0.6) is 5.75 Å². The van der Waals surface area contributed by atoms with Gasteiger partial charge in [-0.25, -0.2) is 9.78 Å². The first-order chi connectivity index (χ1) is 18.3.